The average molecular weight is 283 g/mol. The zero-order valence-corrected chi connectivity index (χ0v) is 14.1. The van der Waals surface area contributed by atoms with Gasteiger partial charge in [0, 0.05) is 24.1 Å². The molecular weight excluding hydrogens is 250 g/mol. The van der Waals surface area contributed by atoms with Crippen LogP contribution in [0, 0.1) is 5.41 Å². The fourth-order valence-corrected chi connectivity index (χ4v) is 3.44. The van der Waals surface area contributed by atoms with Crippen LogP contribution in [0.4, 0.5) is 0 Å². The third kappa shape index (κ3) is 4.71. The summed E-state index contributed by atoms with van der Waals surface area (Å²) in [6.07, 6.45) is 6.37. The highest BCUT2D eigenvalue weighted by Gasteiger charge is 2.40. The summed E-state index contributed by atoms with van der Waals surface area (Å²) < 4.78 is 12.0. The first kappa shape index (κ1) is 16.3. The molecule has 0 aromatic heterocycles. The first-order valence-corrected chi connectivity index (χ1v) is 8.20. The molecule has 2 aliphatic heterocycles. The van der Waals surface area contributed by atoms with Crippen LogP contribution in [0.25, 0.3) is 0 Å². The van der Waals surface area contributed by atoms with E-state index in [0.717, 1.165) is 26.2 Å². The second kappa shape index (κ2) is 5.94. The Balaban J connectivity index is 1.96. The molecule has 2 atom stereocenters. The molecule has 3 nitrogen and oxygen atoms in total. The smallest absolute Gasteiger partial charge is 0.0631 e. The van der Waals surface area contributed by atoms with Gasteiger partial charge in [-0.25, -0.2) is 0 Å². The number of hydrogen-bond donors (Lipinski definition) is 1. The van der Waals surface area contributed by atoms with Crippen LogP contribution in [0.1, 0.15) is 66.7 Å². The predicted octanol–water partition coefficient (Wildman–Crippen LogP) is 3.52. The number of ether oxygens (including phenoxy) is 2. The van der Waals surface area contributed by atoms with Crippen molar-refractivity contribution in [2.45, 2.75) is 84.0 Å². The third-order valence-electron chi connectivity index (χ3n) is 4.61. The summed E-state index contributed by atoms with van der Waals surface area (Å²) in [5, 5.41) is 3.69. The van der Waals surface area contributed by atoms with Crippen LogP contribution in [0.5, 0.6) is 0 Å². The maximum atomic E-state index is 6.23. The van der Waals surface area contributed by atoms with E-state index in [0.29, 0.717) is 6.10 Å². The molecule has 0 aromatic rings. The average Bonchev–Trinajstić information content (AvgIpc) is 2.67. The minimum Gasteiger partial charge on any atom is -0.381 e. The molecule has 0 amide bonds. The van der Waals surface area contributed by atoms with Crippen molar-refractivity contribution in [1.29, 1.82) is 0 Å². The molecule has 0 spiro atoms. The van der Waals surface area contributed by atoms with E-state index in [1.807, 2.05) is 0 Å². The molecule has 20 heavy (non-hydrogen) atoms. The van der Waals surface area contributed by atoms with Crippen molar-refractivity contribution in [2.24, 2.45) is 5.41 Å². The third-order valence-corrected chi connectivity index (χ3v) is 4.61. The predicted molar refractivity (Wildman–Crippen MR) is 83.0 cm³/mol. The van der Waals surface area contributed by atoms with E-state index < -0.39 is 0 Å². The monoisotopic (exact) mass is 283 g/mol. The fraction of sp³-hybridized carbons (Fsp3) is 1.00. The standard InChI is InChI=1S/C17H33NO2/c1-15(2,3)18-12-17(8-6-10-19-13-17)11-14-7-9-16(4,5)20-14/h14,18H,6-13H2,1-5H3. The Morgan fingerprint density at radius 1 is 1.20 bits per heavy atom. The molecular formula is C17H33NO2. The lowest BCUT2D eigenvalue weighted by atomic mass is 9.76. The van der Waals surface area contributed by atoms with Crippen molar-refractivity contribution in [1.82, 2.24) is 5.32 Å². The van der Waals surface area contributed by atoms with E-state index in [1.54, 1.807) is 0 Å². The Kier molecular flexibility index (Phi) is 4.83. The molecule has 2 heterocycles. The van der Waals surface area contributed by atoms with Crippen molar-refractivity contribution < 1.29 is 9.47 Å². The molecule has 0 aromatic carbocycles. The second-order valence-electron chi connectivity index (χ2n) is 8.50. The Labute approximate surface area is 124 Å². The minimum atomic E-state index is 0.0683. The van der Waals surface area contributed by atoms with Gasteiger partial charge in [-0.1, -0.05) is 0 Å². The summed E-state index contributed by atoms with van der Waals surface area (Å²) in [6.45, 7) is 14.0. The largest absolute Gasteiger partial charge is 0.381 e. The molecule has 118 valence electrons. The zero-order valence-electron chi connectivity index (χ0n) is 14.1. The molecule has 2 rings (SSSR count). The van der Waals surface area contributed by atoms with Crippen LogP contribution in [0.2, 0.25) is 0 Å². The first-order chi connectivity index (χ1) is 9.20. The van der Waals surface area contributed by atoms with Gasteiger partial charge in [0.2, 0.25) is 0 Å². The van der Waals surface area contributed by atoms with E-state index in [4.69, 9.17) is 9.47 Å². The molecule has 0 bridgehead atoms. The second-order valence-corrected chi connectivity index (χ2v) is 8.50. The quantitative estimate of drug-likeness (QED) is 0.856. The van der Waals surface area contributed by atoms with Gasteiger partial charge in [0.15, 0.2) is 0 Å². The van der Waals surface area contributed by atoms with Gasteiger partial charge in [0.25, 0.3) is 0 Å². The Morgan fingerprint density at radius 2 is 1.95 bits per heavy atom. The van der Waals surface area contributed by atoms with E-state index in [2.05, 4.69) is 39.9 Å². The normalized spacial score (nSPS) is 34.4. The molecule has 3 heteroatoms. The maximum Gasteiger partial charge on any atom is 0.0631 e. The molecule has 1 N–H and O–H groups in total. The minimum absolute atomic E-state index is 0.0683. The molecule has 0 radical (unpaired) electrons. The Bertz CT molecular complexity index is 313. The van der Waals surface area contributed by atoms with E-state index in [-0.39, 0.29) is 16.6 Å². The first-order valence-electron chi connectivity index (χ1n) is 8.20. The highest BCUT2D eigenvalue weighted by Crippen LogP contribution is 2.40. The lowest BCUT2D eigenvalue weighted by Gasteiger charge is -2.41. The lowest BCUT2D eigenvalue weighted by Crippen LogP contribution is -2.48. The van der Waals surface area contributed by atoms with Gasteiger partial charge in [-0.2, -0.15) is 0 Å². The van der Waals surface area contributed by atoms with Crippen LogP contribution < -0.4 is 5.32 Å². The lowest BCUT2D eigenvalue weighted by molar-refractivity contribution is -0.0707. The molecule has 0 aliphatic carbocycles. The van der Waals surface area contributed by atoms with Gasteiger partial charge in [-0.3, -0.25) is 0 Å². The van der Waals surface area contributed by atoms with Gasteiger partial charge < -0.3 is 14.8 Å². The molecule has 2 fully saturated rings. The molecule has 2 unspecified atom stereocenters. The van der Waals surface area contributed by atoms with Crippen LogP contribution >= 0.6 is 0 Å². The summed E-state index contributed by atoms with van der Waals surface area (Å²) in [5.41, 5.74) is 0.496. The summed E-state index contributed by atoms with van der Waals surface area (Å²) in [7, 11) is 0. The van der Waals surface area contributed by atoms with Crippen molar-refractivity contribution in [2.75, 3.05) is 19.8 Å². The van der Waals surface area contributed by atoms with Gasteiger partial charge in [0.1, 0.15) is 0 Å². The number of rotatable bonds is 4. The van der Waals surface area contributed by atoms with Gasteiger partial charge >= 0.3 is 0 Å². The fourth-order valence-electron chi connectivity index (χ4n) is 3.44. The van der Waals surface area contributed by atoms with Gasteiger partial charge in [0.05, 0.1) is 18.3 Å². The van der Waals surface area contributed by atoms with Crippen LogP contribution in [0.3, 0.4) is 0 Å². The molecule has 0 saturated carbocycles. The summed E-state index contributed by atoms with van der Waals surface area (Å²) >= 11 is 0. The van der Waals surface area contributed by atoms with E-state index in [1.165, 1.54) is 25.7 Å². The summed E-state index contributed by atoms with van der Waals surface area (Å²) in [6, 6.07) is 0. The van der Waals surface area contributed by atoms with Crippen molar-refractivity contribution >= 4 is 0 Å². The highest BCUT2D eigenvalue weighted by atomic mass is 16.5. The van der Waals surface area contributed by atoms with Gasteiger partial charge in [-0.15, -0.1) is 0 Å². The molecule has 2 saturated heterocycles. The van der Waals surface area contributed by atoms with Crippen molar-refractivity contribution in [3.63, 3.8) is 0 Å². The van der Waals surface area contributed by atoms with Crippen molar-refractivity contribution in [3.05, 3.63) is 0 Å². The van der Waals surface area contributed by atoms with Crippen molar-refractivity contribution in [3.8, 4) is 0 Å². The summed E-state index contributed by atoms with van der Waals surface area (Å²) in [5.74, 6) is 0. The summed E-state index contributed by atoms with van der Waals surface area (Å²) in [4.78, 5) is 0. The van der Waals surface area contributed by atoms with E-state index in [9.17, 15) is 0 Å². The Morgan fingerprint density at radius 3 is 2.45 bits per heavy atom. The zero-order chi connectivity index (χ0) is 14.9. The van der Waals surface area contributed by atoms with Crippen LogP contribution in [-0.2, 0) is 9.47 Å². The van der Waals surface area contributed by atoms with Crippen LogP contribution in [-0.4, -0.2) is 37.0 Å². The maximum absolute atomic E-state index is 6.23. The highest BCUT2D eigenvalue weighted by molar-refractivity contribution is 4.92. The number of nitrogens with one attached hydrogen (secondary N) is 1. The topological polar surface area (TPSA) is 30.5 Å². The van der Waals surface area contributed by atoms with Crippen LogP contribution in [0.15, 0.2) is 0 Å². The SMILES string of the molecule is CC(C)(C)NCC1(CC2CCC(C)(C)O2)CCCOC1. The number of hydrogen-bond acceptors (Lipinski definition) is 3. The van der Waals surface area contributed by atoms with E-state index >= 15 is 0 Å². The molecule has 2 aliphatic rings. The van der Waals surface area contributed by atoms with Gasteiger partial charge in [-0.05, 0) is 66.7 Å². The Hall–Kier alpha value is -0.120.